The number of aryl methyl sites for hydroxylation is 1. The fourth-order valence-corrected chi connectivity index (χ4v) is 6.00. The summed E-state index contributed by atoms with van der Waals surface area (Å²) >= 11 is 0. The molecule has 4 nitrogen and oxygen atoms in total. The second kappa shape index (κ2) is 10.0. The molecule has 2 aliphatic rings. The van der Waals surface area contributed by atoms with Gasteiger partial charge in [-0.15, -0.1) is 0 Å². The zero-order chi connectivity index (χ0) is 23.5. The molecule has 2 atom stereocenters. The van der Waals surface area contributed by atoms with Gasteiger partial charge >= 0.3 is 0 Å². The molecule has 0 aromatic heterocycles. The molecule has 1 saturated heterocycles. The topological polar surface area (TPSA) is 49.4 Å². The van der Waals surface area contributed by atoms with Crippen LogP contribution in [-0.2, 0) is 6.42 Å². The maximum Gasteiger partial charge on any atom is 0.254 e. The third-order valence-corrected chi connectivity index (χ3v) is 7.68. The van der Waals surface area contributed by atoms with Crippen LogP contribution in [0.25, 0.3) is 10.8 Å². The number of likely N-dealkylation sites (tertiary alicyclic amines) is 1. The molecule has 0 radical (unpaired) electrons. The highest BCUT2D eigenvalue weighted by atomic mass is 16.2. The molecule has 1 aliphatic carbocycles. The highest BCUT2D eigenvalue weighted by molar-refractivity contribution is 6.14. The first kappa shape index (κ1) is 22.6. The summed E-state index contributed by atoms with van der Waals surface area (Å²) in [6, 6.07) is 20.3. The minimum Gasteiger partial charge on any atom is -0.352 e. The van der Waals surface area contributed by atoms with Gasteiger partial charge in [0, 0.05) is 30.3 Å². The molecule has 1 aliphatic heterocycles. The van der Waals surface area contributed by atoms with Gasteiger partial charge in [0.05, 0.1) is 0 Å². The van der Waals surface area contributed by atoms with Crippen molar-refractivity contribution in [3.05, 3.63) is 82.9 Å². The molecule has 34 heavy (non-hydrogen) atoms. The van der Waals surface area contributed by atoms with Gasteiger partial charge in [0.25, 0.3) is 11.8 Å². The van der Waals surface area contributed by atoms with Gasteiger partial charge < -0.3 is 10.2 Å². The van der Waals surface area contributed by atoms with Crippen molar-refractivity contribution in [2.24, 2.45) is 5.92 Å². The number of benzene rings is 3. The standard InChI is InChI=1S/C30H34N2O2/c1-21-8-6-9-22(20-21)17-18-31-29(33)26-15-16-27(25-13-4-3-12-24(25)26)30(34)32-19-7-11-23-10-2-5-14-28(23)32/h3-4,6,8-9,12-13,15-16,20,23,28H,2,5,7,10-11,14,17-19H2,1H3,(H,31,33)/t23?,28-/m0/s1. The Balaban J connectivity index is 1.36. The van der Waals surface area contributed by atoms with Crippen molar-refractivity contribution >= 4 is 22.6 Å². The molecule has 1 saturated carbocycles. The van der Waals surface area contributed by atoms with Crippen molar-refractivity contribution in [1.29, 1.82) is 0 Å². The summed E-state index contributed by atoms with van der Waals surface area (Å²) in [6.45, 7) is 3.50. The third-order valence-electron chi connectivity index (χ3n) is 7.68. The molecule has 5 rings (SSSR count). The van der Waals surface area contributed by atoms with E-state index in [1.54, 1.807) is 0 Å². The summed E-state index contributed by atoms with van der Waals surface area (Å²) in [4.78, 5) is 28.9. The Hall–Kier alpha value is -3.14. The number of piperidine rings is 1. The first-order chi connectivity index (χ1) is 16.6. The molecule has 2 amide bonds. The third kappa shape index (κ3) is 4.59. The normalized spacial score (nSPS) is 20.1. The van der Waals surface area contributed by atoms with Crippen molar-refractivity contribution in [3.8, 4) is 0 Å². The fraction of sp³-hybridized carbons (Fsp3) is 0.400. The Bertz CT molecular complexity index is 1200. The van der Waals surface area contributed by atoms with Gasteiger partial charge in [-0.25, -0.2) is 0 Å². The average molecular weight is 455 g/mol. The Morgan fingerprint density at radius 3 is 2.44 bits per heavy atom. The Morgan fingerprint density at radius 1 is 0.882 bits per heavy atom. The second-order valence-electron chi connectivity index (χ2n) is 9.95. The van der Waals surface area contributed by atoms with Crippen molar-refractivity contribution in [2.45, 2.75) is 57.9 Å². The van der Waals surface area contributed by atoms with E-state index < -0.39 is 0 Å². The summed E-state index contributed by atoms with van der Waals surface area (Å²) in [6.07, 6.45) is 8.00. The van der Waals surface area contributed by atoms with E-state index in [0.29, 0.717) is 24.1 Å². The van der Waals surface area contributed by atoms with Gasteiger partial charge in [0.15, 0.2) is 0 Å². The zero-order valence-electron chi connectivity index (χ0n) is 20.1. The molecule has 176 valence electrons. The molecule has 1 unspecified atom stereocenters. The molecule has 4 heteroatoms. The van der Waals surface area contributed by atoms with E-state index in [9.17, 15) is 9.59 Å². The first-order valence-corrected chi connectivity index (χ1v) is 12.8. The highest BCUT2D eigenvalue weighted by Gasteiger charge is 2.36. The van der Waals surface area contributed by atoms with E-state index in [-0.39, 0.29) is 11.8 Å². The number of nitrogens with one attached hydrogen (secondary N) is 1. The minimum absolute atomic E-state index is 0.0897. The number of hydrogen-bond donors (Lipinski definition) is 1. The van der Waals surface area contributed by atoms with Crippen LogP contribution in [0.2, 0.25) is 0 Å². The Morgan fingerprint density at radius 2 is 1.62 bits per heavy atom. The minimum atomic E-state index is -0.0897. The van der Waals surface area contributed by atoms with Crippen LogP contribution in [0, 0.1) is 12.8 Å². The van der Waals surface area contributed by atoms with Crippen LogP contribution < -0.4 is 5.32 Å². The van der Waals surface area contributed by atoms with Gasteiger partial charge in [0.2, 0.25) is 0 Å². The molecule has 1 heterocycles. The Kier molecular flexibility index (Phi) is 6.66. The van der Waals surface area contributed by atoms with Gasteiger partial charge in [-0.2, -0.15) is 0 Å². The number of carbonyl (C=O) groups is 2. The van der Waals surface area contributed by atoms with Gasteiger partial charge in [0.1, 0.15) is 0 Å². The lowest BCUT2D eigenvalue weighted by atomic mass is 9.78. The van der Waals surface area contributed by atoms with Crippen LogP contribution in [0.5, 0.6) is 0 Å². The quantitative estimate of drug-likeness (QED) is 0.521. The van der Waals surface area contributed by atoms with Crippen LogP contribution in [0.4, 0.5) is 0 Å². The molecule has 3 aromatic rings. The molecule has 0 spiro atoms. The maximum atomic E-state index is 13.7. The number of rotatable bonds is 5. The first-order valence-electron chi connectivity index (χ1n) is 12.8. The van der Waals surface area contributed by atoms with Crippen molar-refractivity contribution < 1.29 is 9.59 Å². The Labute approximate surface area is 202 Å². The maximum absolute atomic E-state index is 13.7. The predicted octanol–water partition coefficient (Wildman–Crippen LogP) is 5.92. The predicted molar refractivity (Wildman–Crippen MR) is 137 cm³/mol. The van der Waals surface area contributed by atoms with Crippen molar-refractivity contribution in [1.82, 2.24) is 10.2 Å². The van der Waals surface area contributed by atoms with Crippen LogP contribution in [0.3, 0.4) is 0 Å². The van der Waals surface area contributed by atoms with Gasteiger partial charge in [-0.1, -0.05) is 66.9 Å². The van der Waals surface area contributed by atoms with E-state index in [0.717, 1.165) is 42.1 Å². The van der Waals surface area contributed by atoms with Gasteiger partial charge in [-0.05, 0) is 73.4 Å². The number of hydrogen-bond acceptors (Lipinski definition) is 2. The SMILES string of the molecule is Cc1cccc(CCNC(=O)c2ccc(C(=O)N3CCCC4CCCC[C@@H]43)c3ccccc23)c1. The lowest BCUT2D eigenvalue weighted by molar-refractivity contribution is 0.0392. The highest BCUT2D eigenvalue weighted by Crippen LogP contribution is 2.36. The summed E-state index contributed by atoms with van der Waals surface area (Å²) < 4.78 is 0. The van der Waals surface area contributed by atoms with E-state index in [2.05, 4.69) is 35.3 Å². The van der Waals surface area contributed by atoms with Crippen molar-refractivity contribution in [2.75, 3.05) is 13.1 Å². The van der Waals surface area contributed by atoms with Crippen LogP contribution in [0.1, 0.15) is 70.4 Å². The van der Waals surface area contributed by atoms with Crippen molar-refractivity contribution in [3.63, 3.8) is 0 Å². The van der Waals surface area contributed by atoms with Crippen LogP contribution in [0.15, 0.2) is 60.7 Å². The van der Waals surface area contributed by atoms with E-state index in [1.165, 1.54) is 36.8 Å². The number of nitrogens with zero attached hydrogens (tertiary/aromatic N) is 1. The molecule has 0 bridgehead atoms. The number of fused-ring (bicyclic) bond motifs is 2. The van der Waals surface area contributed by atoms with E-state index in [1.807, 2.05) is 42.5 Å². The van der Waals surface area contributed by atoms with Crippen LogP contribution in [-0.4, -0.2) is 35.8 Å². The lowest BCUT2D eigenvalue weighted by Gasteiger charge is -2.44. The lowest BCUT2D eigenvalue weighted by Crippen LogP contribution is -2.49. The summed E-state index contributed by atoms with van der Waals surface area (Å²) in [5.41, 5.74) is 3.79. The summed E-state index contributed by atoms with van der Waals surface area (Å²) in [7, 11) is 0. The van der Waals surface area contributed by atoms with Crippen LogP contribution >= 0.6 is 0 Å². The smallest absolute Gasteiger partial charge is 0.254 e. The number of amides is 2. The molecular formula is C30H34N2O2. The number of carbonyl (C=O) groups excluding carboxylic acids is 2. The van der Waals surface area contributed by atoms with E-state index in [4.69, 9.17) is 0 Å². The average Bonchev–Trinajstić information content (AvgIpc) is 2.87. The zero-order valence-corrected chi connectivity index (χ0v) is 20.1. The van der Waals surface area contributed by atoms with Gasteiger partial charge in [-0.3, -0.25) is 9.59 Å². The molecule has 2 fully saturated rings. The largest absolute Gasteiger partial charge is 0.352 e. The molecule has 1 N–H and O–H groups in total. The monoisotopic (exact) mass is 454 g/mol. The fourth-order valence-electron chi connectivity index (χ4n) is 6.00. The van der Waals surface area contributed by atoms with E-state index >= 15 is 0 Å². The summed E-state index contributed by atoms with van der Waals surface area (Å²) in [5.74, 6) is 0.684. The summed E-state index contributed by atoms with van der Waals surface area (Å²) in [5, 5.41) is 4.79. The molecule has 3 aromatic carbocycles. The second-order valence-corrected chi connectivity index (χ2v) is 9.95. The molecular weight excluding hydrogens is 420 g/mol.